The summed E-state index contributed by atoms with van der Waals surface area (Å²) in [6.07, 6.45) is 0.0275. The molecule has 22 heavy (non-hydrogen) atoms. The van der Waals surface area contributed by atoms with Crippen LogP contribution in [0.25, 0.3) is 0 Å². The van der Waals surface area contributed by atoms with Gasteiger partial charge in [-0.1, -0.05) is 18.2 Å². The summed E-state index contributed by atoms with van der Waals surface area (Å²) < 4.78 is 9.44. The zero-order valence-corrected chi connectivity index (χ0v) is 13.5. The topological polar surface area (TPSA) is 81.7 Å². The number of ether oxygens (including phenoxy) is 2. The molecule has 0 spiro atoms. The van der Waals surface area contributed by atoms with Gasteiger partial charge in [-0.2, -0.15) is 0 Å². The number of rotatable bonds is 8. The Morgan fingerprint density at radius 1 is 1.05 bits per heavy atom. The van der Waals surface area contributed by atoms with Crippen LogP contribution in [0, 0.1) is 0 Å². The number of thiol groups is 2. The van der Waals surface area contributed by atoms with Crippen molar-refractivity contribution in [2.24, 2.45) is 0 Å². The highest BCUT2D eigenvalue weighted by molar-refractivity contribution is 7.80. The van der Waals surface area contributed by atoms with E-state index >= 15 is 0 Å². The maximum atomic E-state index is 12.1. The molecule has 6 nitrogen and oxygen atoms in total. The molecule has 8 heteroatoms. The van der Waals surface area contributed by atoms with E-state index in [1.165, 1.54) is 0 Å². The Hall–Kier alpha value is -1.67. The zero-order valence-electron chi connectivity index (χ0n) is 11.7. The van der Waals surface area contributed by atoms with Crippen LogP contribution in [0.4, 0.5) is 0 Å². The van der Waals surface area contributed by atoms with Crippen molar-refractivity contribution in [2.75, 3.05) is 11.9 Å². The van der Waals surface area contributed by atoms with Gasteiger partial charge in [0.25, 0.3) is 5.91 Å². The number of hydrogen-bond donors (Lipinski definition) is 3. The minimum absolute atomic E-state index is 0.0397. The van der Waals surface area contributed by atoms with Crippen LogP contribution in [-0.4, -0.2) is 35.8 Å². The molecule has 120 valence electrons. The molecule has 0 bridgehead atoms. The first-order valence-electron chi connectivity index (χ1n) is 6.48. The first-order valence-corrected chi connectivity index (χ1v) is 7.75. The summed E-state index contributed by atoms with van der Waals surface area (Å²) in [5.41, 5.74) is 0.407. The highest BCUT2D eigenvalue weighted by atomic mass is 32.1. The number of nitrogens with one attached hydrogen (secondary N) is 1. The molecule has 0 fully saturated rings. The zero-order chi connectivity index (χ0) is 16.4. The van der Waals surface area contributed by atoms with Gasteiger partial charge >= 0.3 is 11.9 Å². The number of carbonyl (C=O) groups excluding carboxylic acids is 3. The van der Waals surface area contributed by atoms with Crippen molar-refractivity contribution in [1.29, 1.82) is 0 Å². The second-order valence-electron chi connectivity index (χ2n) is 4.17. The molecule has 1 aromatic rings. The van der Waals surface area contributed by atoms with Crippen molar-refractivity contribution in [3.63, 3.8) is 0 Å². The monoisotopic (exact) mass is 343 g/mol. The average molecular weight is 343 g/mol. The lowest BCUT2D eigenvalue weighted by atomic mass is 10.1. The predicted octanol–water partition coefficient (Wildman–Crippen LogP) is 1.43. The van der Waals surface area contributed by atoms with Crippen molar-refractivity contribution < 1.29 is 23.9 Å². The van der Waals surface area contributed by atoms with Gasteiger partial charge in [0.1, 0.15) is 17.9 Å². The summed E-state index contributed by atoms with van der Waals surface area (Å²) in [7, 11) is 0. The van der Waals surface area contributed by atoms with E-state index in [1.54, 1.807) is 30.3 Å². The lowest BCUT2D eigenvalue weighted by molar-refractivity contribution is -0.145. The van der Waals surface area contributed by atoms with Crippen molar-refractivity contribution in [1.82, 2.24) is 5.32 Å². The molecular formula is C14H17NO5S2. The van der Waals surface area contributed by atoms with Crippen molar-refractivity contribution in [3.05, 3.63) is 35.9 Å². The standard InChI is InChI=1S/C14H17NO5S2/c16-12(19-8-21)7-6-11(14(18)20-9-22)15-13(17)10-4-2-1-3-5-10/h1-5,11,21-22H,6-9H2,(H,15,17)/t11-/m0/s1. The van der Waals surface area contributed by atoms with Gasteiger partial charge in [0.2, 0.25) is 0 Å². The molecule has 0 unspecified atom stereocenters. The highest BCUT2D eigenvalue weighted by Gasteiger charge is 2.23. The fraction of sp³-hybridized carbons (Fsp3) is 0.357. The number of carbonyl (C=O) groups is 3. The second kappa shape index (κ2) is 10.1. The number of esters is 2. The van der Waals surface area contributed by atoms with Crippen molar-refractivity contribution in [3.8, 4) is 0 Å². The molecule has 0 saturated heterocycles. The average Bonchev–Trinajstić information content (AvgIpc) is 2.52. The van der Waals surface area contributed by atoms with Gasteiger partial charge in [-0.3, -0.25) is 9.59 Å². The molecule has 0 heterocycles. The molecule has 0 radical (unpaired) electrons. The van der Waals surface area contributed by atoms with Gasteiger partial charge < -0.3 is 14.8 Å². The van der Waals surface area contributed by atoms with Crippen LogP contribution in [0.2, 0.25) is 0 Å². The summed E-state index contributed by atoms with van der Waals surface area (Å²) in [6.45, 7) is 0. The molecule has 1 amide bonds. The Balaban J connectivity index is 2.67. The summed E-state index contributed by atoms with van der Waals surface area (Å²) >= 11 is 7.57. The van der Waals surface area contributed by atoms with Gasteiger partial charge in [-0.05, 0) is 18.6 Å². The molecule has 0 aliphatic rings. The maximum Gasteiger partial charge on any atom is 0.329 e. The normalized spacial score (nSPS) is 11.4. The molecule has 0 aromatic heterocycles. The van der Waals surface area contributed by atoms with E-state index < -0.39 is 23.9 Å². The van der Waals surface area contributed by atoms with Crippen LogP contribution in [0.15, 0.2) is 30.3 Å². The van der Waals surface area contributed by atoms with Gasteiger partial charge in [0, 0.05) is 12.0 Å². The van der Waals surface area contributed by atoms with Gasteiger partial charge in [0.15, 0.2) is 0 Å². The summed E-state index contributed by atoms with van der Waals surface area (Å²) in [6, 6.07) is 7.47. The van der Waals surface area contributed by atoms with Crippen LogP contribution in [-0.2, 0) is 19.1 Å². The summed E-state index contributed by atoms with van der Waals surface area (Å²) in [4.78, 5) is 35.2. The van der Waals surface area contributed by atoms with E-state index in [1.807, 2.05) is 0 Å². The smallest absolute Gasteiger partial charge is 0.329 e. The predicted molar refractivity (Wildman–Crippen MR) is 86.8 cm³/mol. The van der Waals surface area contributed by atoms with E-state index in [0.29, 0.717) is 5.56 Å². The third kappa shape index (κ3) is 6.40. The first-order chi connectivity index (χ1) is 10.6. The van der Waals surface area contributed by atoms with Crippen molar-refractivity contribution >= 4 is 43.1 Å². The van der Waals surface area contributed by atoms with Crippen LogP contribution in [0.3, 0.4) is 0 Å². The van der Waals surface area contributed by atoms with Crippen LogP contribution in [0.5, 0.6) is 0 Å². The maximum absolute atomic E-state index is 12.1. The van der Waals surface area contributed by atoms with Crippen LogP contribution < -0.4 is 5.32 Å². The van der Waals surface area contributed by atoms with E-state index in [-0.39, 0.29) is 24.7 Å². The minimum Gasteiger partial charge on any atom is -0.455 e. The largest absolute Gasteiger partial charge is 0.455 e. The number of hydrogen-bond acceptors (Lipinski definition) is 7. The van der Waals surface area contributed by atoms with Crippen molar-refractivity contribution in [2.45, 2.75) is 18.9 Å². The summed E-state index contributed by atoms with van der Waals surface area (Å²) in [5.74, 6) is -1.74. The Morgan fingerprint density at radius 3 is 2.27 bits per heavy atom. The molecule has 1 aromatic carbocycles. The van der Waals surface area contributed by atoms with Crippen LogP contribution in [0.1, 0.15) is 23.2 Å². The van der Waals surface area contributed by atoms with E-state index in [9.17, 15) is 14.4 Å². The molecule has 0 aliphatic carbocycles. The molecular weight excluding hydrogens is 326 g/mol. The van der Waals surface area contributed by atoms with E-state index in [4.69, 9.17) is 4.74 Å². The molecule has 0 saturated carbocycles. The van der Waals surface area contributed by atoms with Gasteiger partial charge in [0.05, 0.1) is 0 Å². The number of benzene rings is 1. The third-order valence-electron chi connectivity index (χ3n) is 2.70. The Bertz CT molecular complexity index is 509. The Kier molecular flexibility index (Phi) is 8.46. The number of amides is 1. The quantitative estimate of drug-likeness (QED) is 0.378. The Labute approximate surface area is 139 Å². The molecule has 1 atom stereocenters. The molecule has 1 rings (SSSR count). The molecule has 1 N–H and O–H groups in total. The first kappa shape index (κ1) is 18.4. The summed E-state index contributed by atoms with van der Waals surface area (Å²) in [5, 5.41) is 2.54. The lowest BCUT2D eigenvalue weighted by Gasteiger charge is -2.16. The second-order valence-corrected chi connectivity index (χ2v) is 4.69. The third-order valence-corrected chi connectivity index (χ3v) is 2.95. The van der Waals surface area contributed by atoms with Crippen LogP contribution >= 0.6 is 25.3 Å². The minimum atomic E-state index is -0.952. The SMILES string of the molecule is O=C(CC[C@H](NC(=O)c1ccccc1)C(=O)OCS)OCS. The van der Waals surface area contributed by atoms with Gasteiger partial charge in [-0.25, -0.2) is 4.79 Å². The lowest BCUT2D eigenvalue weighted by Crippen LogP contribution is -2.42. The Morgan fingerprint density at radius 2 is 1.68 bits per heavy atom. The van der Waals surface area contributed by atoms with Gasteiger partial charge in [-0.15, -0.1) is 25.3 Å². The molecule has 0 aliphatic heterocycles. The fourth-order valence-corrected chi connectivity index (χ4v) is 1.92. The van der Waals surface area contributed by atoms with E-state index in [0.717, 1.165) is 0 Å². The highest BCUT2D eigenvalue weighted by Crippen LogP contribution is 2.06. The van der Waals surface area contributed by atoms with E-state index in [2.05, 4.69) is 35.3 Å². The fourth-order valence-electron chi connectivity index (χ4n) is 1.65.